The fourth-order valence-corrected chi connectivity index (χ4v) is 2.67. The van der Waals surface area contributed by atoms with E-state index in [1.54, 1.807) is 0 Å². The molecule has 0 rings (SSSR count). The molecule has 0 aromatic rings. The highest BCUT2D eigenvalue weighted by Gasteiger charge is 2.23. The molecule has 0 N–H and O–H groups in total. The van der Waals surface area contributed by atoms with Crippen molar-refractivity contribution in [3.63, 3.8) is 0 Å². The predicted molar refractivity (Wildman–Crippen MR) is 76.5 cm³/mol. The molecule has 0 amide bonds. The average molecular weight is 261 g/mol. The van der Waals surface area contributed by atoms with Crippen LogP contribution >= 0.6 is 0 Å². The number of hydrogen-bond donors (Lipinski definition) is 0. The molecule has 0 aliphatic heterocycles. The van der Waals surface area contributed by atoms with E-state index >= 15 is 0 Å². The first-order valence-corrected chi connectivity index (χ1v) is 13.0. The van der Waals surface area contributed by atoms with Gasteiger partial charge in [-0.05, 0) is 58.2 Å². The van der Waals surface area contributed by atoms with E-state index in [2.05, 4.69) is 52.3 Å². The van der Waals surface area contributed by atoms with Crippen LogP contribution in [0.3, 0.4) is 0 Å². The van der Waals surface area contributed by atoms with Crippen LogP contribution in [0.4, 0.5) is 0 Å². The van der Waals surface area contributed by atoms with Gasteiger partial charge in [-0.2, -0.15) is 0 Å². The van der Waals surface area contributed by atoms with Gasteiger partial charge in [0, 0.05) is 0 Å². The number of rotatable bonds is 7. The van der Waals surface area contributed by atoms with Crippen LogP contribution in [0.15, 0.2) is 12.0 Å². The third-order valence-corrected chi connectivity index (χ3v) is 3.31. The Bertz CT molecular complexity index is 206. The fraction of sp³-hybridized carbons (Fsp3) is 0.833. The second kappa shape index (κ2) is 6.49. The molecule has 16 heavy (non-hydrogen) atoms. The summed E-state index contributed by atoms with van der Waals surface area (Å²) >= 11 is 0. The van der Waals surface area contributed by atoms with Crippen molar-refractivity contribution in [1.82, 2.24) is 0 Å². The second-order valence-electron chi connectivity index (χ2n) is 6.09. The molecule has 2 nitrogen and oxygen atoms in total. The maximum absolute atomic E-state index is 5.97. The molecule has 0 saturated carbocycles. The zero-order valence-electron chi connectivity index (χ0n) is 12.0. The smallest absolute Gasteiger partial charge is 0.247 e. The zero-order chi connectivity index (χ0) is 12.8. The molecular formula is C12H28O2Si2. The van der Waals surface area contributed by atoms with E-state index < -0.39 is 16.6 Å². The van der Waals surface area contributed by atoms with E-state index in [9.17, 15) is 0 Å². The van der Waals surface area contributed by atoms with Crippen molar-refractivity contribution in [1.29, 1.82) is 0 Å². The highest BCUT2D eigenvalue weighted by Crippen LogP contribution is 2.18. The van der Waals surface area contributed by atoms with Crippen LogP contribution in [0, 0.1) is 0 Å². The van der Waals surface area contributed by atoms with Crippen LogP contribution in [-0.4, -0.2) is 16.6 Å². The molecule has 0 aliphatic rings. The van der Waals surface area contributed by atoms with Crippen LogP contribution < -0.4 is 0 Å². The Kier molecular flexibility index (Phi) is 6.40. The van der Waals surface area contributed by atoms with Gasteiger partial charge in [0.05, 0.1) is 0 Å². The third-order valence-electron chi connectivity index (χ3n) is 1.68. The van der Waals surface area contributed by atoms with E-state index in [0.717, 1.165) is 12.4 Å². The van der Waals surface area contributed by atoms with Gasteiger partial charge < -0.3 is 8.85 Å². The molecule has 0 bridgehead atoms. The minimum atomic E-state index is -1.55. The quantitative estimate of drug-likeness (QED) is 0.374. The van der Waals surface area contributed by atoms with Gasteiger partial charge >= 0.3 is 0 Å². The lowest BCUT2D eigenvalue weighted by Crippen LogP contribution is -2.31. The maximum atomic E-state index is 5.97. The molecule has 0 atom stereocenters. The Hall–Kier alpha value is -0.226. The summed E-state index contributed by atoms with van der Waals surface area (Å²) in [5.41, 5.74) is 0. The molecule has 0 aromatic heterocycles. The largest absolute Gasteiger partial charge is 0.521 e. The normalized spacial score (nSPS) is 12.2. The van der Waals surface area contributed by atoms with Crippen LogP contribution in [0.2, 0.25) is 39.3 Å². The summed E-state index contributed by atoms with van der Waals surface area (Å²) in [6, 6.07) is 0. The summed E-state index contributed by atoms with van der Waals surface area (Å²) in [5, 5.41) is 0. The molecule has 0 radical (unpaired) electrons. The third kappa shape index (κ3) is 10.3. The van der Waals surface area contributed by atoms with Gasteiger partial charge in [0.25, 0.3) is 0 Å². The Morgan fingerprint density at radius 2 is 1.38 bits per heavy atom. The SMILES string of the molecule is CCCCC=C(O[Si](C)(C)C)O[Si](C)(C)C. The van der Waals surface area contributed by atoms with E-state index in [4.69, 9.17) is 8.85 Å². The first-order valence-electron chi connectivity index (χ1n) is 6.22. The molecule has 0 saturated heterocycles. The average Bonchev–Trinajstić information content (AvgIpc) is 1.97. The second-order valence-corrected chi connectivity index (χ2v) is 15.0. The first kappa shape index (κ1) is 15.8. The van der Waals surface area contributed by atoms with E-state index in [0.29, 0.717) is 0 Å². The topological polar surface area (TPSA) is 18.5 Å². The van der Waals surface area contributed by atoms with Crippen LogP contribution in [0.1, 0.15) is 26.2 Å². The Morgan fingerprint density at radius 3 is 1.69 bits per heavy atom. The molecule has 0 spiro atoms. The summed E-state index contributed by atoms with van der Waals surface area (Å²) < 4.78 is 11.9. The van der Waals surface area contributed by atoms with Crippen molar-refractivity contribution in [2.45, 2.75) is 65.5 Å². The summed E-state index contributed by atoms with van der Waals surface area (Å²) in [7, 11) is -3.10. The van der Waals surface area contributed by atoms with Gasteiger partial charge in [-0.25, -0.2) is 0 Å². The summed E-state index contributed by atoms with van der Waals surface area (Å²) in [5.74, 6) is 0.784. The zero-order valence-corrected chi connectivity index (χ0v) is 14.0. The summed E-state index contributed by atoms with van der Waals surface area (Å²) in [6.07, 6.45) is 5.60. The molecule has 0 fully saturated rings. The van der Waals surface area contributed by atoms with Gasteiger partial charge in [0.15, 0.2) is 0 Å². The number of allylic oxidation sites excluding steroid dienone is 1. The van der Waals surface area contributed by atoms with Crippen molar-refractivity contribution in [3.8, 4) is 0 Å². The maximum Gasteiger partial charge on any atom is 0.247 e. The lowest BCUT2D eigenvalue weighted by Gasteiger charge is -2.27. The standard InChI is InChI=1S/C12H28O2Si2/c1-8-9-10-11-12(13-15(2,3)4)14-16(5,6)7/h11H,8-10H2,1-7H3. The van der Waals surface area contributed by atoms with Crippen molar-refractivity contribution >= 4 is 16.6 Å². The minimum absolute atomic E-state index is 0.784. The molecule has 0 aliphatic carbocycles. The fourth-order valence-electron chi connectivity index (χ4n) is 1.13. The Balaban J connectivity index is 4.45. The van der Waals surface area contributed by atoms with Crippen LogP contribution in [0.25, 0.3) is 0 Å². The molecule has 4 heteroatoms. The van der Waals surface area contributed by atoms with E-state index in [-0.39, 0.29) is 0 Å². The molecule has 0 aromatic carbocycles. The summed E-state index contributed by atoms with van der Waals surface area (Å²) in [6.45, 7) is 15.3. The van der Waals surface area contributed by atoms with Crippen LogP contribution in [0.5, 0.6) is 0 Å². The van der Waals surface area contributed by atoms with E-state index in [1.165, 1.54) is 12.8 Å². The van der Waals surface area contributed by atoms with Gasteiger partial charge in [0.1, 0.15) is 0 Å². The molecule has 0 unspecified atom stereocenters. The van der Waals surface area contributed by atoms with Gasteiger partial charge in [0.2, 0.25) is 22.6 Å². The van der Waals surface area contributed by atoms with Gasteiger partial charge in [-0.15, -0.1) is 0 Å². The van der Waals surface area contributed by atoms with Gasteiger partial charge in [-0.3, -0.25) is 0 Å². The highest BCUT2D eigenvalue weighted by molar-refractivity contribution is 6.71. The Morgan fingerprint density at radius 1 is 0.938 bits per heavy atom. The van der Waals surface area contributed by atoms with Crippen molar-refractivity contribution in [2.24, 2.45) is 0 Å². The molecule has 0 heterocycles. The predicted octanol–water partition coefficient (Wildman–Crippen LogP) is 4.72. The van der Waals surface area contributed by atoms with Gasteiger partial charge in [-0.1, -0.05) is 13.3 Å². The number of hydrogen-bond acceptors (Lipinski definition) is 2. The van der Waals surface area contributed by atoms with E-state index in [1.807, 2.05) is 0 Å². The van der Waals surface area contributed by atoms with Crippen LogP contribution in [-0.2, 0) is 8.85 Å². The lowest BCUT2D eigenvalue weighted by molar-refractivity contribution is 0.214. The number of unbranched alkanes of at least 4 members (excludes halogenated alkanes) is 2. The highest BCUT2D eigenvalue weighted by atomic mass is 28.4. The van der Waals surface area contributed by atoms with Crippen molar-refractivity contribution < 1.29 is 8.85 Å². The monoisotopic (exact) mass is 260 g/mol. The minimum Gasteiger partial charge on any atom is -0.521 e. The molecular weight excluding hydrogens is 232 g/mol. The Labute approximate surface area is 103 Å². The molecule has 96 valence electrons. The van der Waals surface area contributed by atoms with Crippen molar-refractivity contribution in [3.05, 3.63) is 12.0 Å². The first-order chi connectivity index (χ1) is 7.14. The lowest BCUT2D eigenvalue weighted by atomic mass is 10.2. The summed E-state index contributed by atoms with van der Waals surface area (Å²) in [4.78, 5) is 0. The van der Waals surface area contributed by atoms with Crippen molar-refractivity contribution in [2.75, 3.05) is 0 Å².